The van der Waals surface area contributed by atoms with Crippen LogP contribution in [-0.2, 0) is 9.84 Å². The van der Waals surface area contributed by atoms with Gasteiger partial charge in [-0.2, -0.15) is 0 Å². The third-order valence-corrected chi connectivity index (χ3v) is 8.01. The molecule has 4 nitrogen and oxygen atoms in total. The standard InChI is InChI=1S/C12H25NO3S/c1-10(2,3)12(6-7-12)17(15,16)11(4,5)9(14)8-13/h9,14H,6-8,13H2,1-5H3. The summed E-state index contributed by atoms with van der Waals surface area (Å²) in [5.74, 6) is 0. The van der Waals surface area contributed by atoms with Gasteiger partial charge in [-0.15, -0.1) is 0 Å². The first-order chi connectivity index (χ1) is 7.44. The Morgan fingerprint density at radius 1 is 1.24 bits per heavy atom. The van der Waals surface area contributed by atoms with E-state index in [1.807, 2.05) is 20.8 Å². The van der Waals surface area contributed by atoms with Gasteiger partial charge in [0.1, 0.15) is 0 Å². The molecule has 0 aromatic heterocycles. The van der Waals surface area contributed by atoms with Crippen molar-refractivity contribution in [1.82, 2.24) is 0 Å². The number of hydrogen-bond acceptors (Lipinski definition) is 4. The molecule has 0 saturated heterocycles. The minimum absolute atomic E-state index is 0.0353. The topological polar surface area (TPSA) is 80.4 Å². The lowest BCUT2D eigenvalue weighted by atomic mass is 9.89. The highest BCUT2D eigenvalue weighted by molar-refractivity contribution is 7.94. The van der Waals surface area contributed by atoms with E-state index in [9.17, 15) is 13.5 Å². The number of sulfone groups is 1. The van der Waals surface area contributed by atoms with Gasteiger partial charge in [-0.1, -0.05) is 20.8 Å². The van der Waals surface area contributed by atoms with Crippen LogP contribution < -0.4 is 5.73 Å². The van der Waals surface area contributed by atoms with E-state index >= 15 is 0 Å². The molecule has 1 aliphatic rings. The second kappa shape index (κ2) is 3.93. The first-order valence-corrected chi connectivity index (χ1v) is 7.55. The van der Waals surface area contributed by atoms with Gasteiger partial charge in [0.05, 0.1) is 15.6 Å². The highest BCUT2D eigenvalue weighted by atomic mass is 32.2. The maximum Gasteiger partial charge on any atom is 0.164 e. The Balaban J connectivity index is 3.22. The first-order valence-electron chi connectivity index (χ1n) is 6.06. The Morgan fingerprint density at radius 2 is 1.65 bits per heavy atom. The van der Waals surface area contributed by atoms with E-state index in [1.54, 1.807) is 13.8 Å². The van der Waals surface area contributed by atoms with Crippen LogP contribution in [0.3, 0.4) is 0 Å². The molecule has 3 N–H and O–H groups in total. The third-order valence-electron chi connectivity index (χ3n) is 4.30. The molecule has 0 heterocycles. The lowest BCUT2D eigenvalue weighted by molar-refractivity contribution is 0.143. The molecule has 17 heavy (non-hydrogen) atoms. The summed E-state index contributed by atoms with van der Waals surface area (Å²) in [6.45, 7) is 8.96. The summed E-state index contributed by atoms with van der Waals surface area (Å²) in [7, 11) is -3.43. The van der Waals surface area contributed by atoms with Crippen molar-refractivity contribution >= 4 is 9.84 Å². The smallest absolute Gasteiger partial charge is 0.164 e. The molecular weight excluding hydrogens is 238 g/mol. The molecule has 0 spiro atoms. The fraction of sp³-hybridized carbons (Fsp3) is 1.00. The molecule has 1 saturated carbocycles. The normalized spacial score (nSPS) is 22.3. The van der Waals surface area contributed by atoms with Gasteiger partial charge < -0.3 is 10.8 Å². The Hall–Kier alpha value is -0.130. The second-order valence-corrected chi connectivity index (χ2v) is 9.44. The van der Waals surface area contributed by atoms with Gasteiger partial charge >= 0.3 is 0 Å². The minimum atomic E-state index is -3.43. The van der Waals surface area contributed by atoms with Crippen molar-refractivity contribution in [3.05, 3.63) is 0 Å². The maximum atomic E-state index is 12.8. The summed E-state index contributed by atoms with van der Waals surface area (Å²) < 4.78 is 23.7. The molecule has 0 amide bonds. The van der Waals surface area contributed by atoms with Gasteiger partial charge in [0.15, 0.2) is 9.84 Å². The molecule has 0 bridgehead atoms. The van der Waals surface area contributed by atoms with Crippen molar-refractivity contribution in [1.29, 1.82) is 0 Å². The molecule has 5 heteroatoms. The largest absolute Gasteiger partial charge is 0.390 e. The highest BCUT2D eigenvalue weighted by Gasteiger charge is 2.66. The second-order valence-electron chi connectivity index (χ2n) is 6.60. The highest BCUT2D eigenvalue weighted by Crippen LogP contribution is 2.58. The van der Waals surface area contributed by atoms with Gasteiger partial charge in [0, 0.05) is 6.54 Å². The monoisotopic (exact) mass is 263 g/mol. The zero-order valence-electron chi connectivity index (χ0n) is 11.4. The molecular formula is C12H25NO3S. The molecule has 0 aliphatic heterocycles. The van der Waals surface area contributed by atoms with E-state index in [0.717, 1.165) is 0 Å². The van der Waals surface area contributed by atoms with Gasteiger partial charge in [-0.25, -0.2) is 8.42 Å². The van der Waals surface area contributed by atoms with Crippen LogP contribution in [0.15, 0.2) is 0 Å². The van der Waals surface area contributed by atoms with Crippen molar-refractivity contribution in [2.45, 2.75) is 63.1 Å². The van der Waals surface area contributed by atoms with Crippen LogP contribution in [0, 0.1) is 5.41 Å². The van der Waals surface area contributed by atoms with Crippen LogP contribution in [0.4, 0.5) is 0 Å². The van der Waals surface area contributed by atoms with E-state index < -0.39 is 25.4 Å². The molecule has 1 atom stereocenters. The summed E-state index contributed by atoms with van der Waals surface area (Å²) in [5.41, 5.74) is 5.11. The zero-order chi connectivity index (χ0) is 13.7. The minimum Gasteiger partial charge on any atom is -0.390 e. The van der Waals surface area contributed by atoms with Crippen LogP contribution in [0.25, 0.3) is 0 Å². The Bertz CT molecular complexity index is 388. The molecule has 1 aliphatic carbocycles. The van der Waals surface area contributed by atoms with E-state index in [1.165, 1.54) is 0 Å². The average Bonchev–Trinajstić information content (AvgIpc) is 2.95. The van der Waals surface area contributed by atoms with E-state index in [-0.39, 0.29) is 12.0 Å². The van der Waals surface area contributed by atoms with E-state index in [4.69, 9.17) is 5.73 Å². The summed E-state index contributed by atoms with van der Waals surface area (Å²) in [4.78, 5) is 0. The lowest BCUT2D eigenvalue weighted by Gasteiger charge is -2.39. The Kier molecular flexibility index (Phi) is 3.45. The van der Waals surface area contributed by atoms with E-state index in [0.29, 0.717) is 12.8 Å². The van der Waals surface area contributed by atoms with Crippen molar-refractivity contribution in [3.8, 4) is 0 Å². The lowest BCUT2D eigenvalue weighted by Crippen LogP contribution is -2.55. The number of rotatable bonds is 4. The van der Waals surface area contributed by atoms with Crippen LogP contribution in [0.5, 0.6) is 0 Å². The SMILES string of the molecule is CC(C)(C)C1(S(=O)(=O)C(C)(C)C(O)CN)CC1. The van der Waals surface area contributed by atoms with Crippen LogP contribution in [0.1, 0.15) is 47.5 Å². The number of nitrogens with two attached hydrogens (primary N) is 1. The predicted octanol–water partition coefficient (Wildman–Crippen LogP) is 1.08. The summed E-state index contributed by atoms with van der Waals surface area (Å²) in [6.07, 6.45) is 0.339. The van der Waals surface area contributed by atoms with Gasteiger partial charge in [0.2, 0.25) is 0 Å². The fourth-order valence-corrected chi connectivity index (χ4v) is 5.41. The van der Waals surface area contributed by atoms with Crippen molar-refractivity contribution < 1.29 is 13.5 Å². The molecule has 102 valence electrons. The van der Waals surface area contributed by atoms with Crippen LogP contribution in [0.2, 0.25) is 0 Å². The van der Waals surface area contributed by atoms with Crippen LogP contribution >= 0.6 is 0 Å². The van der Waals surface area contributed by atoms with Gasteiger partial charge in [-0.3, -0.25) is 0 Å². The van der Waals surface area contributed by atoms with Crippen molar-refractivity contribution in [2.24, 2.45) is 11.1 Å². The van der Waals surface area contributed by atoms with Crippen molar-refractivity contribution in [2.75, 3.05) is 6.54 Å². The summed E-state index contributed by atoms with van der Waals surface area (Å²) in [5, 5.41) is 9.87. The van der Waals surface area contributed by atoms with E-state index in [2.05, 4.69) is 0 Å². The number of aliphatic hydroxyl groups is 1. The maximum absolute atomic E-state index is 12.8. The summed E-state index contributed by atoms with van der Waals surface area (Å²) >= 11 is 0. The fourth-order valence-electron chi connectivity index (χ4n) is 2.50. The number of hydrogen-bond donors (Lipinski definition) is 2. The quantitative estimate of drug-likeness (QED) is 0.795. The Morgan fingerprint density at radius 3 is 1.88 bits per heavy atom. The molecule has 1 rings (SSSR count). The summed E-state index contributed by atoms with van der Waals surface area (Å²) in [6, 6.07) is 0. The molecule has 1 unspecified atom stereocenters. The first kappa shape index (κ1) is 14.9. The molecule has 1 fully saturated rings. The number of aliphatic hydroxyl groups excluding tert-OH is 1. The van der Waals surface area contributed by atoms with Gasteiger partial charge in [0.25, 0.3) is 0 Å². The zero-order valence-corrected chi connectivity index (χ0v) is 12.3. The Labute approximate surface area is 105 Å². The predicted molar refractivity (Wildman–Crippen MR) is 69.5 cm³/mol. The molecule has 0 aromatic rings. The average molecular weight is 263 g/mol. The van der Waals surface area contributed by atoms with Gasteiger partial charge in [-0.05, 0) is 32.1 Å². The third kappa shape index (κ3) is 1.92. The van der Waals surface area contributed by atoms with Crippen LogP contribution in [-0.4, -0.2) is 35.7 Å². The van der Waals surface area contributed by atoms with Crippen molar-refractivity contribution in [3.63, 3.8) is 0 Å². The molecule has 0 radical (unpaired) electrons. The molecule has 0 aromatic carbocycles.